The second kappa shape index (κ2) is 6.76. The number of aliphatic hydroxyl groups excluding tert-OH is 1. The Balaban J connectivity index is 4.21. The van der Waals surface area contributed by atoms with Gasteiger partial charge in [0.05, 0.1) is 12.7 Å². The van der Waals surface area contributed by atoms with Crippen molar-refractivity contribution >= 4 is 5.97 Å². The predicted molar refractivity (Wildman–Crippen MR) is 51.6 cm³/mol. The van der Waals surface area contributed by atoms with E-state index in [1.54, 1.807) is 6.92 Å². The van der Waals surface area contributed by atoms with Crippen molar-refractivity contribution in [2.45, 2.75) is 45.9 Å². The highest BCUT2D eigenvalue weighted by atomic mass is 19.1. The van der Waals surface area contributed by atoms with Gasteiger partial charge >= 0.3 is 5.97 Å². The standard InChI is InChI=1S/C10H19FO3/c1-4-7(5-2)9(12)8(11)10(13)14-6-3/h7-9,12H,4-6H2,1-3H3. The third-order valence-corrected chi connectivity index (χ3v) is 2.34. The number of halogens is 1. The zero-order valence-electron chi connectivity index (χ0n) is 9.00. The molecule has 0 bridgehead atoms. The van der Waals surface area contributed by atoms with E-state index in [4.69, 9.17) is 0 Å². The molecule has 0 fully saturated rings. The Labute approximate surface area is 84.3 Å². The number of aliphatic hydroxyl groups is 1. The zero-order valence-corrected chi connectivity index (χ0v) is 9.00. The number of hydrogen-bond acceptors (Lipinski definition) is 3. The molecule has 0 aliphatic rings. The highest BCUT2D eigenvalue weighted by Gasteiger charge is 2.32. The van der Waals surface area contributed by atoms with E-state index >= 15 is 0 Å². The lowest BCUT2D eigenvalue weighted by atomic mass is 9.93. The van der Waals surface area contributed by atoms with E-state index in [0.717, 1.165) is 0 Å². The van der Waals surface area contributed by atoms with Gasteiger partial charge in [-0.25, -0.2) is 9.18 Å². The largest absolute Gasteiger partial charge is 0.464 e. The van der Waals surface area contributed by atoms with Crippen molar-refractivity contribution in [3.8, 4) is 0 Å². The summed E-state index contributed by atoms with van der Waals surface area (Å²) >= 11 is 0. The highest BCUT2D eigenvalue weighted by Crippen LogP contribution is 2.18. The van der Waals surface area contributed by atoms with Gasteiger partial charge in [0, 0.05) is 0 Å². The first kappa shape index (κ1) is 13.4. The summed E-state index contributed by atoms with van der Waals surface area (Å²) in [6.45, 7) is 5.45. The molecule has 2 unspecified atom stereocenters. The molecule has 0 aromatic heterocycles. The topological polar surface area (TPSA) is 46.5 Å². The van der Waals surface area contributed by atoms with Crippen molar-refractivity contribution in [2.24, 2.45) is 5.92 Å². The Morgan fingerprint density at radius 1 is 1.36 bits per heavy atom. The second-order valence-corrected chi connectivity index (χ2v) is 3.22. The van der Waals surface area contributed by atoms with Crippen LogP contribution in [0.5, 0.6) is 0 Å². The lowest BCUT2D eigenvalue weighted by Gasteiger charge is -2.21. The van der Waals surface area contributed by atoms with Crippen LogP contribution >= 0.6 is 0 Å². The van der Waals surface area contributed by atoms with Gasteiger partial charge in [-0.15, -0.1) is 0 Å². The van der Waals surface area contributed by atoms with Crippen molar-refractivity contribution in [3.05, 3.63) is 0 Å². The highest BCUT2D eigenvalue weighted by molar-refractivity contribution is 5.75. The van der Waals surface area contributed by atoms with Crippen LogP contribution in [0.4, 0.5) is 4.39 Å². The van der Waals surface area contributed by atoms with Crippen LogP contribution in [-0.2, 0) is 9.53 Å². The maximum atomic E-state index is 13.3. The average Bonchev–Trinajstić information content (AvgIpc) is 2.18. The molecule has 0 heterocycles. The van der Waals surface area contributed by atoms with Gasteiger partial charge in [0.2, 0.25) is 6.17 Å². The summed E-state index contributed by atoms with van der Waals surface area (Å²) < 4.78 is 17.8. The molecule has 2 atom stereocenters. The molecule has 3 nitrogen and oxygen atoms in total. The van der Waals surface area contributed by atoms with E-state index < -0.39 is 18.2 Å². The van der Waals surface area contributed by atoms with Gasteiger partial charge in [-0.1, -0.05) is 26.7 Å². The van der Waals surface area contributed by atoms with Gasteiger partial charge in [-0.05, 0) is 12.8 Å². The third kappa shape index (κ3) is 3.62. The molecule has 0 saturated carbocycles. The first-order valence-electron chi connectivity index (χ1n) is 5.07. The summed E-state index contributed by atoms with van der Waals surface area (Å²) in [5.74, 6) is -1.15. The van der Waals surface area contributed by atoms with Crippen LogP contribution in [0.1, 0.15) is 33.6 Å². The van der Waals surface area contributed by atoms with Gasteiger partial charge < -0.3 is 9.84 Å². The minimum atomic E-state index is -1.92. The molecule has 0 aliphatic carbocycles. The van der Waals surface area contributed by atoms with Crippen molar-refractivity contribution in [1.82, 2.24) is 0 Å². The summed E-state index contributed by atoms with van der Waals surface area (Å²) in [5, 5.41) is 9.50. The fourth-order valence-corrected chi connectivity index (χ4v) is 1.37. The molecule has 0 aromatic rings. The van der Waals surface area contributed by atoms with Crippen molar-refractivity contribution in [3.63, 3.8) is 0 Å². The molecular formula is C10H19FO3. The molecule has 0 rings (SSSR count). The van der Waals surface area contributed by atoms with Crippen LogP contribution in [0.25, 0.3) is 0 Å². The fraction of sp³-hybridized carbons (Fsp3) is 0.900. The van der Waals surface area contributed by atoms with E-state index in [0.29, 0.717) is 12.8 Å². The lowest BCUT2D eigenvalue weighted by Crippen LogP contribution is -2.37. The van der Waals surface area contributed by atoms with Crippen LogP contribution in [0, 0.1) is 5.92 Å². The first-order chi connectivity index (χ1) is 6.58. The average molecular weight is 206 g/mol. The number of esters is 1. The van der Waals surface area contributed by atoms with E-state index in [-0.39, 0.29) is 12.5 Å². The van der Waals surface area contributed by atoms with Crippen LogP contribution in [0.2, 0.25) is 0 Å². The fourth-order valence-electron chi connectivity index (χ4n) is 1.37. The van der Waals surface area contributed by atoms with E-state index in [1.807, 2.05) is 13.8 Å². The smallest absolute Gasteiger partial charge is 0.343 e. The van der Waals surface area contributed by atoms with Gasteiger partial charge in [0.25, 0.3) is 0 Å². The summed E-state index contributed by atoms with van der Waals surface area (Å²) in [5.41, 5.74) is 0. The van der Waals surface area contributed by atoms with Gasteiger partial charge in [-0.3, -0.25) is 0 Å². The second-order valence-electron chi connectivity index (χ2n) is 3.22. The van der Waals surface area contributed by atoms with E-state index in [2.05, 4.69) is 4.74 Å². The molecule has 0 aromatic carbocycles. The Kier molecular flexibility index (Phi) is 6.45. The van der Waals surface area contributed by atoms with Crippen LogP contribution < -0.4 is 0 Å². The molecule has 84 valence electrons. The van der Waals surface area contributed by atoms with Crippen LogP contribution in [-0.4, -0.2) is 30.0 Å². The SMILES string of the molecule is CCOC(=O)C(F)C(O)C(CC)CC. The maximum absolute atomic E-state index is 13.3. The molecule has 0 spiro atoms. The van der Waals surface area contributed by atoms with Crippen molar-refractivity contribution in [1.29, 1.82) is 0 Å². The third-order valence-electron chi connectivity index (χ3n) is 2.34. The zero-order chi connectivity index (χ0) is 11.1. The van der Waals surface area contributed by atoms with Crippen LogP contribution in [0.3, 0.4) is 0 Å². The normalized spacial score (nSPS) is 15.3. The van der Waals surface area contributed by atoms with E-state index in [1.165, 1.54) is 0 Å². The predicted octanol–water partition coefficient (Wildman–Crippen LogP) is 1.68. The Bertz CT molecular complexity index is 169. The van der Waals surface area contributed by atoms with Gasteiger partial charge in [0.15, 0.2) is 0 Å². The minimum Gasteiger partial charge on any atom is -0.464 e. The summed E-state index contributed by atoms with van der Waals surface area (Å²) in [4.78, 5) is 11.0. The molecule has 0 amide bonds. The number of ether oxygens (including phenoxy) is 1. The molecular weight excluding hydrogens is 187 g/mol. The first-order valence-corrected chi connectivity index (χ1v) is 5.07. The molecule has 0 saturated heterocycles. The number of alkyl halides is 1. The van der Waals surface area contributed by atoms with Gasteiger partial charge in [0.1, 0.15) is 0 Å². The minimum absolute atomic E-state index is 0.134. The Morgan fingerprint density at radius 3 is 2.21 bits per heavy atom. The maximum Gasteiger partial charge on any atom is 0.343 e. The molecule has 0 aliphatic heterocycles. The summed E-state index contributed by atoms with van der Waals surface area (Å²) in [6, 6.07) is 0. The number of carbonyl (C=O) groups excluding carboxylic acids is 1. The van der Waals surface area contributed by atoms with Crippen LogP contribution in [0.15, 0.2) is 0 Å². The molecule has 4 heteroatoms. The molecule has 14 heavy (non-hydrogen) atoms. The van der Waals surface area contributed by atoms with Crippen molar-refractivity contribution < 1.29 is 19.0 Å². The Hall–Kier alpha value is -0.640. The Morgan fingerprint density at radius 2 is 1.86 bits per heavy atom. The molecule has 0 radical (unpaired) electrons. The monoisotopic (exact) mass is 206 g/mol. The van der Waals surface area contributed by atoms with Crippen molar-refractivity contribution in [2.75, 3.05) is 6.61 Å². The number of rotatable bonds is 6. The molecule has 1 N–H and O–H groups in total. The summed E-state index contributed by atoms with van der Waals surface area (Å²) in [7, 11) is 0. The number of hydrogen-bond donors (Lipinski definition) is 1. The summed E-state index contributed by atoms with van der Waals surface area (Å²) in [6.07, 6.45) is -1.86. The number of carbonyl (C=O) groups is 1. The van der Waals surface area contributed by atoms with E-state index in [9.17, 15) is 14.3 Å². The lowest BCUT2D eigenvalue weighted by molar-refractivity contribution is -0.155. The van der Waals surface area contributed by atoms with Gasteiger partial charge in [-0.2, -0.15) is 0 Å². The quantitative estimate of drug-likeness (QED) is 0.673.